The van der Waals surface area contributed by atoms with Gasteiger partial charge in [0, 0.05) is 23.5 Å². The summed E-state index contributed by atoms with van der Waals surface area (Å²) in [5, 5.41) is 5.24. The van der Waals surface area contributed by atoms with Crippen molar-refractivity contribution >= 4 is 32.5 Å². The number of rotatable bonds is 3. The Labute approximate surface area is 121 Å². The first-order chi connectivity index (χ1) is 9.45. The van der Waals surface area contributed by atoms with Crippen molar-refractivity contribution in [3.8, 4) is 0 Å². The third-order valence-corrected chi connectivity index (χ3v) is 6.68. The number of nitrogens with zero attached hydrogens (tertiary/aromatic N) is 2. The zero-order valence-corrected chi connectivity index (χ0v) is 12.6. The van der Waals surface area contributed by atoms with Gasteiger partial charge in [0.1, 0.15) is 5.82 Å². The number of hydrogen-bond acceptors (Lipinski definition) is 6. The van der Waals surface area contributed by atoms with E-state index in [0.29, 0.717) is 17.5 Å². The van der Waals surface area contributed by atoms with E-state index < -0.39 is 21.1 Å². The highest BCUT2D eigenvalue weighted by atomic mass is 32.2. The van der Waals surface area contributed by atoms with Crippen molar-refractivity contribution in [3.63, 3.8) is 0 Å². The second kappa shape index (κ2) is 4.96. The topological polar surface area (TPSA) is 101 Å². The van der Waals surface area contributed by atoms with Gasteiger partial charge in [-0.3, -0.25) is 5.32 Å². The van der Waals surface area contributed by atoms with Crippen molar-refractivity contribution in [2.75, 3.05) is 11.1 Å². The van der Waals surface area contributed by atoms with Crippen LogP contribution >= 0.6 is 11.5 Å². The fourth-order valence-electron chi connectivity index (χ4n) is 2.25. The molecule has 20 heavy (non-hydrogen) atoms. The second-order valence-corrected chi connectivity index (χ2v) is 8.53. The number of carbonyl (C=O) groups is 1. The maximum atomic E-state index is 11.8. The Morgan fingerprint density at radius 3 is 2.70 bits per heavy atom. The minimum Gasteiger partial charge on any atom is -0.334 e. The Balaban J connectivity index is 1.56. The van der Waals surface area contributed by atoms with Gasteiger partial charge >= 0.3 is 6.03 Å². The predicted octanol–water partition coefficient (Wildman–Crippen LogP) is 1.11. The molecule has 110 valence electrons. The monoisotopic (exact) mass is 316 g/mol. The van der Waals surface area contributed by atoms with E-state index >= 15 is 0 Å². The van der Waals surface area contributed by atoms with E-state index in [2.05, 4.69) is 20.0 Å². The third kappa shape index (κ3) is 2.78. The lowest BCUT2D eigenvalue weighted by molar-refractivity contribution is 0.248. The summed E-state index contributed by atoms with van der Waals surface area (Å²) in [4.78, 5) is 16.1. The highest BCUT2D eigenvalue weighted by Gasteiger charge is 2.37. The lowest BCUT2D eigenvalue weighted by Gasteiger charge is -2.15. The summed E-state index contributed by atoms with van der Waals surface area (Å²) in [6.45, 7) is 1.63. The first-order valence-corrected chi connectivity index (χ1v) is 9.07. The molecule has 2 atom stereocenters. The molecule has 1 aromatic rings. The minimum absolute atomic E-state index is 0.129. The van der Waals surface area contributed by atoms with Crippen LogP contribution in [0.4, 0.5) is 9.93 Å². The van der Waals surface area contributed by atoms with E-state index in [1.807, 2.05) is 0 Å². The van der Waals surface area contributed by atoms with Crippen LogP contribution in [0.25, 0.3) is 0 Å². The number of hydrogen-bond donors (Lipinski definition) is 2. The van der Waals surface area contributed by atoms with Crippen molar-refractivity contribution in [1.29, 1.82) is 0 Å². The minimum atomic E-state index is -3.06. The molecular weight excluding hydrogens is 300 g/mol. The largest absolute Gasteiger partial charge is 0.334 e. The third-order valence-electron chi connectivity index (χ3n) is 3.77. The predicted molar refractivity (Wildman–Crippen MR) is 75.7 cm³/mol. The molecule has 1 saturated heterocycles. The number of carbonyl (C=O) groups excluding carboxylic acids is 1. The van der Waals surface area contributed by atoms with Gasteiger partial charge in [-0.15, -0.1) is 0 Å². The number of aromatic nitrogens is 2. The number of urea groups is 1. The van der Waals surface area contributed by atoms with Crippen LogP contribution in [-0.2, 0) is 9.84 Å². The quantitative estimate of drug-likeness (QED) is 0.870. The van der Waals surface area contributed by atoms with Crippen molar-refractivity contribution in [2.24, 2.45) is 0 Å². The zero-order chi connectivity index (χ0) is 14.3. The van der Waals surface area contributed by atoms with Crippen LogP contribution in [-0.4, -0.2) is 40.9 Å². The lowest BCUT2D eigenvalue weighted by Crippen LogP contribution is -2.42. The van der Waals surface area contributed by atoms with E-state index in [-0.39, 0.29) is 11.8 Å². The fourth-order valence-corrected chi connectivity index (χ4v) is 4.55. The maximum absolute atomic E-state index is 11.8. The Morgan fingerprint density at radius 2 is 2.10 bits per heavy atom. The average Bonchev–Trinajstić information content (AvgIpc) is 3.09. The molecule has 9 heteroatoms. The van der Waals surface area contributed by atoms with E-state index in [1.54, 1.807) is 6.92 Å². The molecule has 2 heterocycles. The van der Waals surface area contributed by atoms with Gasteiger partial charge in [-0.25, -0.2) is 18.2 Å². The number of anilines is 1. The Kier molecular flexibility index (Phi) is 3.41. The molecule has 0 radical (unpaired) electrons. The molecule has 0 spiro atoms. The Bertz CT molecular complexity index is 623. The first kappa shape index (κ1) is 13.7. The van der Waals surface area contributed by atoms with Gasteiger partial charge in [-0.05, 0) is 26.2 Å². The number of nitrogens with one attached hydrogen (secondary N) is 2. The van der Waals surface area contributed by atoms with Crippen LogP contribution in [0.1, 0.15) is 37.9 Å². The van der Waals surface area contributed by atoms with Crippen molar-refractivity contribution in [3.05, 3.63) is 5.82 Å². The van der Waals surface area contributed by atoms with Crippen LogP contribution < -0.4 is 10.6 Å². The smallest absolute Gasteiger partial charge is 0.321 e. The maximum Gasteiger partial charge on any atom is 0.321 e. The van der Waals surface area contributed by atoms with Gasteiger partial charge in [0.2, 0.25) is 5.13 Å². The molecule has 1 saturated carbocycles. The summed E-state index contributed by atoms with van der Waals surface area (Å²) in [7, 11) is -3.06. The van der Waals surface area contributed by atoms with E-state index in [4.69, 9.17) is 0 Å². The first-order valence-electron chi connectivity index (χ1n) is 6.58. The standard InChI is InChI=1S/C11H16N4O3S2/c1-6-8(4-5-20(6,17)18)12-10(16)14-11-13-9(15-19-11)7-2-3-7/h6-8H,2-5H2,1H3,(H2,12,13,14,15,16)/t6-,8-/m1/s1. The Morgan fingerprint density at radius 1 is 1.35 bits per heavy atom. The molecule has 2 fully saturated rings. The van der Waals surface area contributed by atoms with Crippen LogP contribution in [0, 0.1) is 0 Å². The summed E-state index contributed by atoms with van der Waals surface area (Å²) in [5.74, 6) is 1.37. The van der Waals surface area contributed by atoms with E-state index in [0.717, 1.165) is 30.2 Å². The van der Waals surface area contributed by atoms with Crippen molar-refractivity contribution in [1.82, 2.24) is 14.7 Å². The molecule has 1 aromatic heterocycles. The Hall–Kier alpha value is -1.22. The van der Waals surface area contributed by atoms with Crippen molar-refractivity contribution in [2.45, 2.75) is 43.4 Å². The lowest BCUT2D eigenvalue weighted by atomic mass is 10.2. The normalized spacial score (nSPS) is 28.2. The zero-order valence-electron chi connectivity index (χ0n) is 11.0. The van der Waals surface area contributed by atoms with E-state index in [1.165, 1.54) is 0 Å². The summed E-state index contributed by atoms with van der Waals surface area (Å²) in [5.41, 5.74) is 0. The highest BCUT2D eigenvalue weighted by molar-refractivity contribution is 7.92. The molecule has 0 aromatic carbocycles. The molecule has 2 N–H and O–H groups in total. The summed E-state index contributed by atoms with van der Waals surface area (Å²) in [6, 6.07) is -0.756. The fraction of sp³-hybridized carbons (Fsp3) is 0.727. The SMILES string of the molecule is C[C@@H]1[C@H](NC(=O)Nc2nc(C3CC3)ns2)CCS1(=O)=O. The molecule has 2 amide bonds. The van der Waals surface area contributed by atoms with E-state index in [9.17, 15) is 13.2 Å². The van der Waals surface area contributed by atoms with Gasteiger partial charge in [-0.1, -0.05) is 0 Å². The average molecular weight is 316 g/mol. The van der Waals surface area contributed by atoms with Crippen LogP contribution in [0.3, 0.4) is 0 Å². The molecule has 0 unspecified atom stereocenters. The van der Waals surface area contributed by atoms with Gasteiger partial charge in [0.15, 0.2) is 9.84 Å². The molecule has 7 nitrogen and oxygen atoms in total. The second-order valence-electron chi connectivity index (χ2n) is 5.30. The van der Waals surface area contributed by atoms with Gasteiger partial charge in [0.25, 0.3) is 0 Å². The number of sulfone groups is 1. The summed E-state index contributed by atoms with van der Waals surface area (Å²) >= 11 is 1.15. The molecule has 0 bridgehead atoms. The van der Waals surface area contributed by atoms with Crippen molar-refractivity contribution < 1.29 is 13.2 Å². The molecule has 1 aliphatic carbocycles. The van der Waals surface area contributed by atoms with Gasteiger partial charge in [-0.2, -0.15) is 4.37 Å². The molecule has 2 aliphatic rings. The van der Waals surface area contributed by atoms with Crippen LogP contribution in [0.2, 0.25) is 0 Å². The summed E-state index contributed by atoms with van der Waals surface area (Å²) in [6.07, 6.45) is 2.68. The van der Waals surface area contributed by atoms with Gasteiger partial charge in [0.05, 0.1) is 11.0 Å². The molecule has 1 aliphatic heterocycles. The van der Waals surface area contributed by atoms with Crippen LogP contribution in [0.15, 0.2) is 0 Å². The molecule has 3 rings (SSSR count). The number of amides is 2. The molecular formula is C11H16N4O3S2. The van der Waals surface area contributed by atoms with Gasteiger partial charge < -0.3 is 5.32 Å². The summed E-state index contributed by atoms with van der Waals surface area (Å²) < 4.78 is 27.4. The van der Waals surface area contributed by atoms with Crippen LogP contribution in [0.5, 0.6) is 0 Å². The highest BCUT2D eigenvalue weighted by Crippen LogP contribution is 2.39.